The molecule has 0 aromatic heterocycles. The third-order valence-electron chi connectivity index (χ3n) is 11.4. The minimum atomic E-state index is -0.775. The fourth-order valence-corrected chi connectivity index (χ4v) is 7.39. The van der Waals surface area contributed by atoms with E-state index in [-0.39, 0.29) is 31.1 Å². The molecule has 0 heterocycles. The monoisotopic (exact) mass is 843 g/mol. The van der Waals surface area contributed by atoms with Crippen LogP contribution in [-0.2, 0) is 28.6 Å². The standard InChI is InChI=1S/C54H98O6/c1-4-7-10-13-16-18-20-22-24-25-26-27-28-29-30-32-33-35-38-41-44-47-53(56)59-50-51(49-58-52(55)46-43-40-37-15-12-9-6-3)60-54(57)48-45-42-39-36-34-31-23-21-19-17-14-11-8-5-2/h14,17,21,23,25-26,51H,4-13,15-16,18-20,22,24,27-50H2,1-3H3/b17-14-,23-21-,26-25-. The van der Waals surface area contributed by atoms with Crippen LogP contribution in [-0.4, -0.2) is 37.2 Å². The third kappa shape index (κ3) is 46.7. The molecule has 0 aliphatic heterocycles. The molecule has 0 rings (SSSR count). The Balaban J connectivity index is 4.20. The lowest BCUT2D eigenvalue weighted by Crippen LogP contribution is -2.30. The molecule has 0 fully saturated rings. The molecule has 1 unspecified atom stereocenters. The van der Waals surface area contributed by atoms with E-state index < -0.39 is 6.10 Å². The molecule has 0 amide bonds. The quantitative estimate of drug-likeness (QED) is 0.0263. The fraction of sp³-hybridized carbons (Fsp3) is 0.833. The minimum absolute atomic E-state index is 0.0769. The van der Waals surface area contributed by atoms with Crippen LogP contribution in [0.5, 0.6) is 0 Å². The summed E-state index contributed by atoms with van der Waals surface area (Å²) in [4.78, 5) is 37.8. The summed E-state index contributed by atoms with van der Waals surface area (Å²) in [6.07, 6.45) is 57.2. The molecule has 1 atom stereocenters. The maximum absolute atomic E-state index is 12.7. The first-order valence-corrected chi connectivity index (χ1v) is 26.0. The molecule has 0 aliphatic rings. The summed E-state index contributed by atoms with van der Waals surface area (Å²) < 4.78 is 16.7. The Bertz CT molecular complexity index is 1020. The molecule has 0 saturated heterocycles. The van der Waals surface area contributed by atoms with Crippen molar-refractivity contribution in [3.8, 4) is 0 Å². The predicted molar refractivity (Wildman–Crippen MR) is 256 cm³/mol. The molecule has 0 bridgehead atoms. The van der Waals surface area contributed by atoms with Crippen LogP contribution in [0.25, 0.3) is 0 Å². The molecular weight excluding hydrogens is 745 g/mol. The summed E-state index contributed by atoms with van der Waals surface area (Å²) in [5.74, 6) is -0.892. The van der Waals surface area contributed by atoms with Crippen molar-refractivity contribution >= 4 is 17.9 Å². The smallest absolute Gasteiger partial charge is 0.306 e. The minimum Gasteiger partial charge on any atom is -0.462 e. The van der Waals surface area contributed by atoms with Crippen LogP contribution in [0.2, 0.25) is 0 Å². The lowest BCUT2D eigenvalue weighted by molar-refractivity contribution is -0.167. The van der Waals surface area contributed by atoms with Gasteiger partial charge in [-0.1, -0.05) is 218 Å². The molecule has 6 nitrogen and oxygen atoms in total. The number of hydrogen-bond acceptors (Lipinski definition) is 6. The van der Waals surface area contributed by atoms with E-state index in [1.54, 1.807) is 0 Å². The molecule has 0 N–H and O–H groups in total. The molecule has 6 heteroatoms. The Morgan fingerprint density at radius 2 is 0.617 bits per heavy atom. The Kier molecular flexibility index (Phi) is 47.3. The van der Waals surface area contributed by atoms with E-state index >= 15 is 0 Å². The van der Waals surface area contributed by atoms with Crippen molar-refractivity contribution < 1.29 is 28.6 Å². The summed E-state index contributed by atoms with van der Waals surface area (Å²) in [7, 11) is 0. The van der Waals surface area contributed by atoms with Crippen molar-refractivity contribution in [1.82, 2.24) is 0 Å². The van der Waals surface area contributed by atoms with Crippen molar-refractivity contribution in [1.29, 1.82) is 0 Å². The predicted octanol–water partition coefficient (Wildman–Crippen LogP) is 16.9. The first-order chi connectivity index (χ1) is 29.5. The molecule has 0 aliphatic carbocycles. The second-order valence-corrected chi connectivity index (χ2v) is 17.4. The summed E-state index contributed by atoms with van der Waals surface area (Å²) in [5, 5.41) is 0. The largest absolute Gasteiger partial charge is 0.462 e. The van der Waals surface area contributed by atoms with Crippen LogP contribution in [0.3, 0.4) is 0 Å². The van der Waals surface area contributed by atoms with E-state index in [0.29, 0.717) is 19.3 Å². The van der Waals surface area contributed by atoms with Gasteiger partial charge in [-0.05, 0) is 70.6 Å². The second-order valence-electron chi connectivity index (χ2n) is 17.4. The van der Waals surface area contributed by atoms with Crippen LogP contribution in [0.1, 0.15) is 271 Å². The van der Waals surface area contributed by atoms with Gasteiger partial charge in [0, 0.05) is 19.3 Å². The summed E-state index contributed by atoms with van der Waals surface area (Å²) in [6.45, 7) is 6.56. The number of esters is 3. The molecule has 0 aromatic carbocycles. The van der Waals surface area contributed by atoms with Crippen LogP contribution in [0, 0.1) is 0 Å². The van der Waals surface area contributed by atoms with Crippen LogP contribution in [0.15, 0.2) is 36.5 Å². The number of hydrogen-bond donors (Lipinski definition) is 0. The number of carbonyl (C=O) groups is 3. The number of allylic oxidation sites excluding steroid dienone is 6. The highest BCUT2D eigenvalue weighted by atomic mass is 16.6. The van der Waals surface area contributed by atoms with Crippen molar-refractivity contribution in [2.24, 2.45) is 0 Å². The van der Waals surface area contributed by atoms with E-state index in [1.165, 1.54) is 148 Å². The summed E-state index contributed by atoms with van der Waals surface area (Å²) >= 11 is 0. The van der Waals surface area contributed by atoms with Gasteiger partial charge in [0.15, 0.2) is 6.10 Å². The van der Waals surface area contributed by atoms with Crippen molar-refractivity contribution in [2.75, 3.05) is 13.2 Å². The van der Waals surface area contributed by atoms with Crippen molar-refractivity contribution in [2.45, 2.75) is 277 Å². The molecule has 0 aromatic rings. The van der Waals surface area contributed by atoms with Gasteiger partial charge < -0.3 is 14.2 Å². The zero-order valence-electron chi connectivity index (χ0n) is 40.0. The van der Waals surface area contributed by atoms with Gasteiger partial charge in [0.25, 0.3) is 0 Å². The van der Waals surface area contributed by atoms with Gasteiger partial charge in [-0.25, -0.2) is 0 Å². The van der Waals surface area contributed by atoms with Gasteiger partial charge in [0.2, 0.25) is 0 Å². The number of unbranched alkanes of at least 4 members (excludes halogenated alkanes) is 30. The Morgan fingerprint density at radius 1 is 0.333 bits per heavy atom. The van der Waals surface area contributed by atoms with Crippen LogP contribution < -0.4 is 0 Å². The molecule has 0 spiro atoms. The normalized spacial score (nSPS) is 12.2. The van der Waals surface area contributed by atoms with E-state index in [2.05, 4.69) is 57.2 Å². The maximum atomic E-state index is 12.7. The van der Waals surface area contributed by atoms with Crippen LogP contribution in [0.4, 0.5) is 0 Å². The topological polar surface area (TPSA) is 78.9 Å². The van der Waals surface area contributed by atoms with Crippen molar-refractivity contribution in [3.63, 3.8) is 0 Å². The molecule has 60 heavy (non-hydrogen) atoms. The lowest BCUT2D eigenvalue weighted by atomic mass is 10.1. The van der Waals surface area contributed by atoms with Gasteiger partial charge in [-0.3, -0.25) is 14.4 Å². The van der Waals surface area contributed by atoms with E-state index in [0.717, 1.165) is 83.5 Å². The zero-order valence-corrected chi connectivity index (χ0v) is 40.0. The van der Waals surface area contributed by atoms with Gasteiger partial charge >= 0.3 is 17.9 Å². The highest BCUT2D eigenvalue weighted by Gasteiger charge is 2.19. The molecule has 0 saturated carbocycles. The average molecular weight is 843 g/mol. The summed E-state index contributed by atoms with van der Waals surface area (Å²) in [6, 6.07) is 0. The third-order valence-corrected chi connectivity index (χ3v) is 11.4. The van der Waals surface area contributed by atoms with Crippen molar-refractivity contribution in [3.05, 3.63) is 36.5 Å². The van der Waals surface area contributed by atoms with E-state index in [9.17, 15) is 14.4 Å². The zero-order chi connectivity index (χ0) is 43.7. The highest BCUT2D eigenvalue weighted by Crippen LogP contribution is 2.15. The Hall–Kier alpha value is -2.37. The highest BCUT2D eigenvalue weighted by molar-refractivity contribution is 5.71. The number of carbonyl (C=O) groups excluding carboxylic acids is 3. The number of rotatable bonds is 47. The van der Waals surface area contributed by atoms with Gasteiger partial charge in [0.05, 0.1) is 0 Å². The van der Waals surface area contributed by atoms with Gasteiger partial charge in [-0.2, -0.15) is 0 Å². The molecular formula is C54H98O6. The van der Waals surface area contributed by atoms with E-state index in [4.69, 9.17) is 14.2 Å². The first-order valence-electron chi connectivity index (χ1n) is 26.0. The summed E-state index contributed by atoms with van der Waals surface area (Å²) in [5.41, 5.74) is 0. The van der Waals surface area contributed by atoms with Gasteiger partial charge in [-0.15, -0.1) is 0 Å². The molecule has 350 valence electrons. The Labute approximate surface area is 372 Å². The maximum Gasteiger partial charge on any atom is 0.306 e. The fourth-order valence-electron chi connectivity index (χ4n) is 7.39. The Morgan fingerprint density at radius 3 is 0.983 bits per heavy atom. The average Bonchev–Trinajstić information content (AvgIpc) is 3.24. The number of ether oxygens (including phenoxy) is 3. The second kappa shape index (κ2) is 49.3. The van der Waals surface area contributed by atoms with E-state index in [1.807, 2.05) is 0 Å². The lowest BCUT2D eigenvalue weighted by Gasteiger charge is -2.18. The molecule has 0 radical (unpaired) electrons. The van der Waals surface area contributed by atoms with Crippen LogP contribution >= 0.6 is 0 Å². The first kappa shape index (κ1) is 57.6. The van der Waals surface area contributed by atoms with Gasteiger partial charge in [0.1, 0.15) is 13.2 Å². The SMILES string of the molecule is CCCC/C=C\C/C=C\CCCCCCCC(=O)OC(COC(=O)CCCCCCCCC)COC(=O)CCCCCCCCCCC/C=C\CCCCCCCCCC.